The SMILES string of the molecule is CC(C)=CCC/C(C)=C/C(C)C(C)C#N. The van der Waals surface area contributed by atoms with E-state index in [4.69, 9.17) is 5.26 Å². The van der Waals surface area contributed by atoms with Gasteiger partial charge in [-0.05, 0) is 46.5 Å². The maximum atomic E-state index is 8.78. The van der Waals surface area contributed by atoms with E-state index < -0.39 is 0 Å². The second-order valence-corrected chi connectivity index (χ2v) is 4.61. The van der Waals surface area contributed by atoms with Crippen molar-refractivity contribution in [2.45, 2.75) is 47.5 Å². The molecule has 0 heterocycles. The third-order valence-corrected chi connectivity index (χ3v) is 2.63. The van der Waals surface area contributed by atoms with Crippen LogP contribution in [-0.4, -0.2) is 0 Å². The molecule has 0 aliphatic carbocycles. The maximum absolute atomic E-state index is 8.78. The fourth-order valence-corrected chi connectivity index (χ4v) is 1.38. The first-order chi connectivity index (χ1) is 6.97. The van der Waals surface area contributed by atoms with Crippen molar-refractivity contribution < 1.29 is 0 Å². The van der Waals surface area contributed by atoms with Crippen LogP contribution in [0, 0.1) is 23.2 Å². The molecule has 0 aromatic rings. The van der Waals surface area contributed by atoms with Crippen LogP contribution < -0.4 is 0 Å². The molecule has 0 aromatic carbocycles. The summed E-state index contributed by atoms with van der Waals surface area (Å²) in [6, 6.07) is 2.29. The number of allylic oxidation sites excluding steroid dienone is 4. The largest absolute Gasteiger partial charge is 0.198 e. The molecular weight excluding hydrogens is 182 g/mol. The normalized spacial score (nSPS) is 15.3. The van der Waals surface area contributed by atoms with Crippen LogP contribution in [0.4, 0.5) is 0 Å². The molecule has 0 rings (SSSR count). The first-order valence-electron chi connectivity index (χ1n) is 5.67. The molecule has 0 aliphatic heterocycles. The second kappa shape index (κ2) is 7.29. The van der Waals surface area contributed by atoms with Crippen molar-refractivity contribution in [1.82, 2.24) is 0 Å². The average molecular weight is 205 g/mol. The van der Waals surface area contributed by atoms with Crippen molar-refractivity contribution in [3.63, 3.8) is 0 Å². The molecule has 2 atom stereocenters. The lowest BCUT2D eigenvalue weighted by molar-refractivity contribution is 0.565. The Kier molecular flexibility index (Phi) is 6.79. The second-order valence-electron chi connectivity index (χ2n) is 4.61. The Hall–Kier alpha value is -1.03. The van der Waals surface area contributed by atoms with E-state index in [-0.39, 0.29) is 5.92 Å². The van der Waals surface area contributed by atoms with Crippen molar-refractivity contribution in [2.24, 2.45) is 11.8 Å². The zero-order valence-electron chi connectivity index (χ0n) is 10.7. The Morgan fingerprint density at radius 3 is 2.33 bits per heavy atom. The minimum absolute atomic E-state index is 0.114. The molecule has 0 bridgehead atoms. The van der Waals surface area contributed by atoms with Crippen LogP contribution in [0.25, 0.3) is 0 Å². The van der Waals surface area contributed by atoms with Crippen LogP contribution in [0.1, 0.15) is 47.5 Å². The topological polar surface area (TPSA) is 23.8 Å². The Bertz CT molecular complexity index is 274. The summed E-state index contributed by atoms with van der Waals surface area (Å²) >= 11 is 0. The summed E-state index contributed by atoms with van der Waals surface area (Å²) in [5.41, 5.74) is 2.77. The quantitative estimate of drug-likeness (QED) is 0.607. The van der Waals surface area contributed by atoms with E-state index in [1.807, 2.05) is 6.92 Å². The van der Waals surface area contributed by atoms with Crippen molar-refractivity contribution in [3.8, 4) is 6.07 Å². The van der Waals surface area contributed by atoms with E-state index in [1.165, 1.54) is 11.1 Å². The molecule has 0 aromatic heterocycles. The van der Waals surface area contributed by atoms with Crippen molar-refractivity contribution in [3.05, 3.63) is 23.3 Å². The van der Waals surface area contributed by atoms with Crippen LogP contribution in [0.3, 0.4) is 0 Å². The van der Waals surface area contributed by atoms with Crippen molar-refractivity contribution in [1.29, 1.82) is 5.26 Å². The summed E-state index contributed by atoms with van der Waals surface area (Å²) in [7, 11) is 0. The summed E-state index contributed by atoms with van der Waals surface area (Å²) in [6.07, 6.45) is 6.70. The molecule has 84 valence electrons. The van der Waals surface area contributed by atoms with Gasteiger partial charge >= 0.3 is 0 Å². The van der Waals surface area contributed by atoms with Gasteiger partial charge < -0.3 is 0 Å². The van der Waals surface area contributed by atoms with Gasteiger partial charge in [-0.2, -0.15) is 5.26 Å². The lowest BCUT2D eigenvalue weighted by Gasteiger charge is -2.09. The van der Waals surface area contributed by atoms with Crippen LogP contribution in [0.2, 0.25) is 0 Å². The minimum Gasteiger partial charge on any atom is -0.198 e. The van der Waals surface area contributed by atoms with Crippen LogP contribution >= 0.6 is 0 Å². The van der Waals surface area contributed by atoms with Gasteiger partial charge in [0.15, 0.2) is 0 Å². The van der Waals surface area contributed by atoms with Crippen LogP contribution in [0.5, 0.6) is 0 Å². The van der Waals surface area contributed by atoms with Gasteiger partial charge in [0.1, 0.15) is 0 Å². The van der Waals surface area contributed by atoms with E-state index in [0.29, 0.717) is 5.92 Å². The van der Waals surface area contributed by atoms with E-state index >= 15 is 0 Å². The van der Waals surface area contributed by atoms with E-state index in [1.54, 1.807) is 0 Å². The van der Waals surface area contributed by atoms with Crippen molar-refractivity contribution >= 4 is 0 Å². The highest BCUT2D eigenvalue weighted by Gasteiger charge is 2.07. The predicted molar refractivity (Wildman–Crippen MR) is 66.4 cm³/mol. The van der Waals surface area contributed by atoms with Crippen LogP contribution in [0.15, 0.2) is 23.3 Å². The number of rotatable bonds is 5. The number of nitrogens with zero attached hydrogens (tertiary/aromatic N) is 1. The molecular formula is C14H23N. The van der Waals surface area contributed by atoms with E-state index in [2.05, 4.69) is 45.9 Å². The van der Waals surface area contributed by atoms with Crippen LogP contribution in [-0.2, 0) is 0 Å². The smallest absolute Gasteiger partial charge is 0.0658 e. The molecule has 0 amide bonds. The highest BCUT2D eigenvalue weighted by atomic mass is 14.3. The van der Waals surface area contributed by atoms with Gasteiger partial charge in [-0.3, -0.25) is 0 Å². The highest BCUT2D eigenvalue weighted by molar-refractivity contribution is 5.06. The molecule has 15 heavy (non-hydrogen) atoms. The van der Waals surface area contributed by atoms with Gasteiger partial charge in [-0.15, -0.1) is 0 Å². The Morgan fingerprint density at radius 1 is 1.27 bits per heavy atom. The molecule has 0 aliphatic rings. The third-order valence-electron chi connectivity index (χ3n) is 2.63. The summed E-state index contributed by atoms with van der Waals surface area (Å²) in [6.45, 7) is 10.5. The Morgan fingerprint density at radius 2 is 1.87 bits per heavy atom. The summed E-state index contributed by atoms with van der Waals surface area (Å²) < 4.78 is 0. The summed E-state index contributed by atoms with van der Waals surface area (Å²) in [4.78, 5) is 0. The van der Waals surface area contributed by atoms with E-state index in [9.17, 15) is 0 Å². The van der Waals surface area contributed by atoms with Gasteiger partial charge in [0, 0.05) is 5.92 Å². The molecule has 0 fully saturated rings. The first kappa shape index (κ1) is 14.0. The lowest BCUT2D eigenvalue weighted by Crippen LogP contribution is -2.02. The van der Waals surface area contributed by atoms with Gasteiger partial charge in [-0.1, -0.05) is 30.2 Å². The number of hydrogen-bond acceptors (Lipinski definition) is 1. The minimum atomic E-state index is 0.114. The average Bonchev–Trinajstić information content (AvgIpc) is 2.15. The molecule has 1 nitrogen and oxygen atoms in total. The molecule has 2 unspecified atom stereocenters. The zero-order valence-corrected chi connectivity index (χ0v) is 10.7. The van der Waals surface area contributed by atoms with Gasteiger partial charge in [0.25, 0.3) is 0 Å². The monoisotopic (exact) mass is 205 g/mol. The molecule has 0 radical (unpaired) electrons. The summed E-state index contributed by atoms with van der Waals surface area (Å²) in [5, 5.41) is 8.78. The lowest BCUT2D eigenvalue weighted by atomic mass is 9.94. The standard InChI is InChI=1S/C14H23N/c1-11(2)7-6-8-12(3)9-13(4)14(5)10-15/h7,9,13-14H,6,8H2,1-5H3/b12-9+. The number of hydrogen-bond donors (Lipinski definition) is 0. The van der Waals surface area contributed by atoms with Gasteiger partial charge in [0.2, 0.25) is 0 Å². The Balaban J connectivity index is 4.10. The predicted octanol–water partition coefficient (Wildman–Crippen LogP) is 4.47. The van der Waals surface area contributed by atoms with Gasteiger partial charge in [0.05, 0.1) is 6.07 Å². The molecule has 0 N–H and O–H groups in total. The van der Waals surface area contributed by atoms with Crippen molar-refractivity contribution in [2.75, 3.05) is 0 Å². The first-order valence-corrected chi connectivity index (χ1v) is 5.67. The molecule has 0 saturated carbocycles. The third kappa shape index (κ3) is 6.96. The van der Waals surface area contributed by atoms with Gasteiger partial charge in [-0.25, -0.2) is 0 Å². The van der Waals surface area contributed by atoms with E-state index in [0.717, 1.165) is 12.8 Å². The molecule has 0 saturated heterocycles. The number of nitriles is 1. The summed E-state index contributed by atoms with van der Waals surface area (Å²) in [5.74, 6) is 0.477. The molecule has 1 heteroatoms. The maximum Gasteiger partial charge on any atom is 0.0658 e. The molecule has 0 spiro atoms. The highest BCUT2D eigenvalue weighted by Crippen LogP contribution is 2.16. The fourth-order valence-electron chi connectivity index (χ4n) is 1.38. The fraction of sp³-hybridized carbons (Fsp3) is 0.643. The zero-order chi connectivity index (χ0) is 11.8. The Labute approximate surface area is 94.5 Å².